The van der Waals surface area contributed by atoms with Crippen molar-refractivity contribution in [2.45, 2.75) is 32.7 Å². The van der Waals surface area contributed by atoms with Gasteiger partial charge >= 0.3 is 0 Å². The molecule has 0 spiro atoms. The smallest absolute Gasteiger partial charge is 0.215 e. The summed E-state index contributed by atoms with van der Waals surface area (Å²) in [4.78, 5) is 0. The summed E-state index contributed by atoms with van der Waals surface area (Å²) in [7, 11) is -3.19. The summed E-state index contributed by atoms with van der Waals surface area (Å²) in [6, 6.07) is 3.76. The van der Waals surface area contributed by atoms with Gasteiger partial charge in [0.1, 0.15) is 11.5 Å². The maximum atomic E-state index is 12.2. The summed E-state index contributed by atoms with van der Waals surface area (Å²) in [5, 5.41) is 8.02. The molecule has 2 aromatic heterocycles. The molecule has 120 valence electrons. The van der Waals surface area contributed by atoms with E-state index in [1.165, 1.54) is 0 Å². The molecule has 1 aliphatic heterocycles. The van der Waals surface area contributed by atoms with Crippen molar-refractivity contribution in [3.05, 3.63) is 24.1 Å². The zero-order valence-corrected chi connectivity index (χ0v) is 13.4. The average Bonchev–Trinajstić information content (AvgIpc) is 3.24. The van der Waals surface area contributed by atoms with Gasteiger partial charge in [-0.15, -0.1) is 5.10 Å². The normalized spacial score (nSPS) is 16.4. The lowest BCUT2D eigenvalue weighted by molar-refractivity contribution is 0.471. The summed E-state index contributed by atoms with van der Waals surface area (Å²) in [6.45, 7) is 3.59. The minimum absolute atomic E-state index is 0.0498. The van der Waals surface area contributed by atoms with Crippen LogP contribution in [0.1, 0.15) is 25.5 Å². The first-order chi connectivity index (χ1) is 10.6. The molecule has 0 amide bonds. The SMILES string of the molecule is CCc1ccc(-c2cn(CCS(=O)(=O)N3CCCC3)nn2)o1. The second-order valence-electron chi connectivity index (χ2n) is 5.41. The van der Waals surface area contributed by atoms with E-state index in [0.717, 1.165) is 25.0 Å². The maximum absolute atomic E-state index is 12.2. The largest absolute Gasteiger partial charge is 0.459 e. The summed E-state index contributed by atoms with van der Waals surface area (Å²) in [5.74, 6) is 1.60. The Labute approximate surface area is 130 Å². The number of nitrogens with zero attached hydrogens (tertiary/aromatic N) is 4. The molecule has 3 rings (SSSR count). The number of rotatable bonds is 6. The quantitative estimate of drug-likeness (QED) is 0.805. The second-order valence-corrected chi connectivity index (χ2v) is 7.50. The van der Waals surface area contributed by atoms with E-state index in [0.29, 0.717) is 31.1 Å². The monoisotopic (exact) mass is 324 g/mol. The number of hydrogen-bond donors (Lipinski definition) is 0. The van der Waals surface area contributed by atoms with Gasteiger partial charge in [0.2, 0.25) is 10.0 Å². The molecule has 1 fully saturated rings. The Morgan fingerprint density at radius 2 is 2.05 bits per heavy atom. The average molecular weight is 324 g/mol. The topological polar surface area (TPSA) is 81.2 Å². The van der Waals surface area contributed by atoms with E-state index in [4.69, 9.17) is 4.42 Å². The highest BCUT2D eigenvalue weighted by molar-refractivity contribution is 7.89. The molecule has 1 saturated heterocycles. The van der Waals surface area contributed by atoms with Crippen LogP contribution in [-0.2, 0) is 23.0 Å². The van der Waals surface area contributed by atoms with E-state index >= 15 is 0 Å². The Morgan fingerprint density at radius 1 is 1.27 bits per heavy atom. The van der Waals surface area contributed by atoms with Gasteiger partial charge in [-0.3, -0.25) is 4.68 Å². The fraction of sp³-hybridized carbons (Fsp3) is 0.571. The first-order valence-corrected chi connectivity index (χ1v) is 9.16. The lowest BCUT2D eigenvalue weighted by atomic mass is 10.3. The maximum Gasteiger partial charge on any atom is 0.215 e. The van der Waals surface area contributed by atoms with Crippen molar-refractivity contribution >= 4 is 10.0 Å². The lowest BCUT2D eigenvalue weighted by Gasteiger charge is -2.14. The third-order valence-corrected chi connectivity index (χ3v) is 5.69. The highest BCUT2D eigenvalue weighted by atomic mass is 32.2. The molecular formula is C14H20N4O3S. The zero-order valence-electron chi connectivity index (χ0n) is 12.6. The third kappa shape index (κ3) is 3.22. The molecular weight excluding hydrogens is 304 g/mol. The van der Waals surface area contributed by atoms with Gasteiger partial charge in [-0.25, -0.2) is 12.7 Å². The Balaban J connectivity index is 1.64. The highest BCUT2D eigenvalue weighted by Crippen LogP contribution is 2.20. The molecule has 8 heteroatoms. The fourth-order valence-electron chi connectivity index (χ4n) is 2.53. The summed E-state index contributed by atoms with van der Waals surface area (Å²) < 4.78 is 33.1. The van der Waals surface area contributed by atoms with Crippen LogP contribution < -0.4 is 0 Å². The van der Waals surface area contributed by atoms with Crippen LogP contribution in [0.3, 0.4) is 0 Å². The van der Waals surface area contributed by atoms with Crippen molar-refractivity contribution in [1.29, 1.82) is 0 Å². The Hall–Kier alpha value is -1.67. The van der Waals surface area contributed by atoms with Gasteiger partial charge in [-0.2, -0.15) is 0 Å². The molecule has 2 aromatic rings. The predicted molar refractivity (Wildman–Crippen MR) is 81.7 cm³/mol. The molecule has 0 saturated carbocycles. The van der Waals surface area contributed by atoms with Gasteiger partial charge in [0.15, 0.2) is 5.76 Å². The summed E-state index contributed by atoms with van der Waals surface area (Å²) in [5.41, 5.74) is 0.623. The molecule has 7 nitrogen and oxygen atoms in total. The van der Waals surface area contributed by atoms with E-state index in [2.05, 4.69) is 10.3 Å². The molecule has 0 unspecified atom stereocenters. The Kier molecular flexibility index (Phi) is 4.30. The second kappa shape index (κ2) is 6.21. The molecule has 1 aliphatic rings. The van der Waals surface area contributed by atoms with E-state index in [-0.39, 0.29) is 5.75 Å². The third-order valence-electron chi connectivity index (χ3n) is 3.84. The highest BCUT2D eigenvalue weighted by Gasteiger charge is 2.25. The number of sulfonamides is 1. The fourth-order valence-corrected chi connectivity index (χ4v) is 4.02. The van der Waals surface area contributed by atoms with Crippen LogP contribution in [0.25, 0.3) is 11.5 Å². The van der Waals surface area contributed by atoms with Crippen LogP contribution in [0.4, 0.5) is 0 Å². The summed E-state index contributed by atoms with van der Waals surface area (Å²) >= 11 is 0. The molecule has 0 bridgehead atoms. The van der Waals surface area contributed by atoms with E-state index in [1.54, 1.807) is 15.2 Å². The number of furan rings is 1. The van der Waals surface area contributed by atoms with Crippen LogP contribution in [-0.4, -0.2) is 46.6 Å². The number of aromatic nitrogens is 3. The molecule has 0 aliphatic carbocycles. The van der Waals surface area contributed by atoms with Gasteiger partial charge < -0.3 is 4.42 Å². The van der Waals surface area contributed by atoms with E-state index in [1.807, 2.05) is 19.1 Å². The van der Waals surface area contributed by atoms with Crippen molar-refractivity contribution < 1.29 is 12.8 Å². The van der Waals surface area contributed by atoms with Gasteiger partial charge in [0.25, 0.3) is 0 Å². The molecule has 0 aromatic carbocycles. The molecule has 3 heterocycles. The van der Waals surface area contributed by atoms with Crippen molar-refractivity contribution in [3.8, 4) is 11.5 Å². The minimum Gasteiger partial charge on any atom is -0.459 e. The van der Waals surface area contributed by atoms with Crippen molar-refractivity contribution in [2.75, 3.05) is 18.8 Å². The summed E-state index contributed by atoms with van der Waals surface area (Å²) in [6.07, 6.45) is 4.44. The van der Waals surface area contributed by atoms with Crippen LogP contribution in [0.2, 0.25) is 0 Å². The van der Waals surface area contributed by atoms with Crippen LogP contribution in [0.5, 0.6) is 0 Å². The van der Waals surface area contributed by atoms with Gasteiger partial charge in [-0.05, 0) is 25.0 Å². The van der Waals surface area contributed by atoms with Crippen molar-refractivity contribution in [1.82, 2.24) is 19.3 Å². The zero-order chi connectivity index (χ0) is 15.6. The number of aryl methyl sites for hydroxylation is 2. The molecule has 0 atom stereocenters. The van der Waals surface area contributed by atoms with Crippen molar-refractivity contribution in [3.63, 3.8) is 0 Å². The van der Waals surface area contributed by atoms with Gasteiger partial charge in [0.05, 0.1) is 18.5 Å². The van der Waals surface area contributed by atoms with Crippen LogP contribution >= 0.6 is 0 Å². The Morgan fingerprint density at radius 3 is 2.73 bits per heavy atom. The standard InChI is InChI=1S/C14H20N4O3S/c1-2-12-5-6-14(21-12)13-11-17(16-15-13)9-10-22(19,20)18-7-3-4-8-18/h5-6,11H,2-4,7-10H2,1H3. The lowest BCUT2D eigenvalue weighted by Crippen LogP contribution is -2.31. The van der Waals surface area contributed by atoms with Gasteiger partial charge in [0, 0.05) is 19.5 Å². The molecule has 0 N–H and O–H groups in total. The van der Waals surface area contributed by atoms with Gasteiger partial charge in [-0.1, -0.05) is 12.1 Å². The molecule has 0 radical (unpaired) electrons. The van der Waals surface area contributed by atoms with E-state index < -0.39 is 10.0 Å². The first-order valence-electron chi connectivity index (χ1n) is 7.55. The van der Waals surface area contributed by atoms with Crippen LogP contribution in [0, 0.1) is 0 Å². The van der Waals surface area contributed by atoms with Crippen molar-refractivity contribution in [2.24, 2.45) is 0 Å². The number of hydrogen-bond acceptors (Lipinski definition) is 5. The molecule has 22 heavy (non-hydrogen) atoms. The van der Waals surface area contributed by atoms with Crippen LogP contribution in [0.15, 0.2) is 22.7 Å². The Bertz CT molecular complexity index is 729. The first kappa shape index (κ1) is 15.2. The minimum atomic E-state index is -3.19. The van der Waals surface area contributed by atoms with E-state index in [9.17, 15) is 8.42 Å². The predicted octanol–water partition coefficient (Wildman–Crippen LogP) is 1.53.